The molecule has 0 aliphatic carbocycles. The molecule has 2 heterocycles. The van der Waals surface area contributed by atoms with Crippen molar-refractivity contribution in [3.05, 3.63) is 29.8 Å². The molecule has 3 rings (SSSR count). The van der Waals surface area contributed by atoms with Crippen molar-refractivity contribution in [1.82, 2.24) is 15.1 Å². The Labute approximate surface area is 190 Å². The number of sulfonamides is 1. The lowest BCUT2D eigenvalue weighted by molar-refractivity contribution is 0.0195. The maximum absolute atomic E-state index is 11.3. The number of primary sulfonamides is 1. The van der Waals surface area contributed by atoms with Crippen molar-refractivity contribution in [3.63, 3.8) is 0 Å². The van der Waals surface area contributed by atoms with E-state index in [1.807, 2.05) is 0 Å². The first kappa shape index (κ1) is 24.3. The number of rotatable bonds is 6. The third kappa shape index (κ3) is 7.06. The number of morpholine rings is 1. The summed E-state index contributed by atoms with van der Waals surface area (Å²) >= 11 is 0. The minimum Gasteiger partial charge on any atom is -0.379 e. The molecule has 0 radical (unpaired) electrons. The second-order valence-corrected chi connectivity index (χ2v) is 8.77. The molecule has 2 aliphatic rings. The Morgan fingerprint density at radius 2 is 1.93 bits per heavy atom. The van der Waals surface area contributed by atoms with Crippen molar-refractivity contribution in [2.75, 3.05) is 52.5 Å². The summed E-state index contributed by atoms with van der Waals surface area (Å²) in [5, 5.41) is 8.54. The van der Waals surface area contributed by atoms with E-state index in [1.165, 1.54) is 0 Å². The molecule has 1 atom stereocenters. The van der Waals surface area contributed by atoms with Crippen LogP contribution in [0.3, 0.4) is 0 Å². The molecule has 3 N–H and O–H groups in total. The summed E-state index contributed by atoms with van der Waals surface area (Å²) in [4.78, 5) is 9.79. The zero-order valence-corrected chi connectivity index (χ0v) is 20.1. The third-order valence-corrected chi connectivity index (χ3v) is 6.20. The van der Waals surface area contributed by atoms with E-state index in [9.17, 15) is 8.42 Å². The molecule has 8 nitrogen and oxygen atoms in total. The normalized spacial score (nSPS) is 21.1. The van der Waals surface area contributed by atoms with Crippen LogP contribution < -0.4 is 10.5 Å². The number of likely N-dealkylation sites (tertiary alicyclic amines) is 1. The lowest BCUT2D eigenvalue weighted by Gasteiger charge is -2.32. The molecule has 164 valence electrons. The molecule has 0 aromatic heterocycles. The Kier molecular flexibility index (Phi) is 9.60. The topological polar surface area (TPSA) is 100 Å². The Hall–Kier alpha value is -0.950. The van der Waals surface area contributed by atoms with Crippen LogP contribution in [0.1, 0.15) is 18.9 Å². The van der Waals surface area contributed by atoms with Crippen LogP contribution in [0.25, 0.3) is 0 Å². The Bertz CT molecular complexity index is 767. The van der Waals surface area contributed by atoms with Crippen molar-refractivity contribution >= 4 is 40.0 Å². The van der Waals surface area contributed by atoms with Crippen LogP contribution in [0.4, 0.5) is 0 Å². The number of aliphatic imine (C=N–C) groups is 1. The van der Waals surface area contributed by atoms with Crippen molar-refractivity contribution in [3.8, 4) is 0 Å². The van der Waals surface area contributed by atoms with E-state index in [4.69, 9.17) is 14.9 Å². The fraction of sp³-hybridized carbons (Fsp3) is 0.632. The zero-order chi connectivity index (χ0) is 20.0. The average Bonchev–Trinajstić information content (AvgIpc) is 3.18. The fourth-order valence-electron chi connectivity index (χ4n) is 3.74. The van der Waals surface area contributed by atoms with Gasteiger partial charge in [-0.25, -0.2) is 13.6 Å². The van der Waals surface area contributed by atoms with Gasteiger partial charge in [0, 0.05) is 45.3 Å². The van der Waals surface area contributed by atoms with Crippen molar-refractivity contribution in [1.29, 1.82) is 0 Å². The molecule has 2 fully saturated rings. The van der Waals surface area contributed by atoms with E-state index in [2.05, 4.69) is 22.0 Å². The van der Waals surface area contributed by atoms with Gasteiger partial charge in [-0.3, -0.25) is 9.89 Å². The van der Waals surface area contributed by atoms with Crippen LogP contribution in [0.5, 0.6) is 0 Å². The van der Waals surface area contributed by atoms with E-state index in [0.29, 0.717) is 12.6 Å². The standard InChI is InChI=1S/C19H31N5O3S.HI/c1-2-21-19(24-10-8-17(15-24)23-11-13-27-14-12-23)22-9-7-16-3-5-18(6-4-16)28(20,25)26;/h3-6,17H,2,7-15H2,1H3,(H,21,22)(H2,20,25,26);1H. The highest BCUT2D eigenvalue weighted by Gasteiger charge is 2.30. The maximum atomic E-state index is 11.3. The lowest BCUT2D eigenvalue weighted by atomic mass is 10.1. The summed E-state index contributed by atoms with van der Waals surface area (Å²) in [7, 11) is -3.64. The number of ether oxygens (including phenoxy) is 1. The predicted octanol–water partition coefficient (Wildman–Crippen LogP) is 0.867. The number of benzene rings is 1. The van der Waals surface area contributed by atoms with Gasteiger partial charge >= 0.3 is 0 Å². The summed E-state index contributed by atoms with van der Waals surface area (Å²) in [6.45, 7) is 9.25. The minimum atomic E-state index is -3.64. The van der Waals surface area contributed by atoms with Crippen molar-refractivity contribution < 1.29 is 13.2 Å². The first-order valence-electron chi connectivity index (χ1n) is 9.94. The monoisotopic (exact) mass is 537 g/mol. The van der Waals surface area contributed by atoms with Gasteiger partial charge in [-0.05, 0) is 37.5 Å². The van der Waals surface area contributed by atoms with Crippen LogP contribution in [0.15, 0.2) is 34.2 Å². The molecule has 10 heteroatoms. The number of nitrogens with two attached hydrogens (primary N) is 1. The average molecular weight is 537 g/mol. The second kappa shape index (κ2) is 11.4. The summed E-state index contributed by atoms with van der Waals surface area (Å²) in [5.74, 6) is 0.958. The van der Waals surface area contributed by atoms with Gasteiger partial charge in [0.15, 0.2) is 5.96 Å². The highest BCUT2D eigenvalue weighted by Crippen LogP contribution is 2.17. The van der Waals surface area contributed by atoms with E-state index < -0.39 is 10.0 Å². The summed E-state index contributed by atoms with van der Waals surface area (Å²) in [6, 6.07) is 7.26. The highest BCUT2D eigenvalue weighted by atomic mass is 127. The quantitative estimate of drug-likeness (QED) is 0.318. The summed E-state index contributed by atoms with van der Waals surface area (Å²) < 4.78 is 28.1. The second-order valence-electron chi connectivity index (χ2n) is 7.21. The Morgan fingerprint density at radius 1 is 1.24 bits per heavy atom. The van der Waals surface area contributed by atoms with Crippen molar-refractivity contribution in [2.45, 2.75) is 30.7 Å². The molecule has 1 aromatic carbocycles. The molecular weight excluding hydrogens is 505 g/mol. The van der Waals surface area contributed by atoms with Crippen LogP contribution in [0, 0.1) is 0 Å². The zero-order valence-electron chi connectivity index (χ0n) is 16.9. The fourth-order valence-corrected chi connectivity index (χ4v) is 4.25. The van der Waals surface area contributed by atoms with Gasteiger partial charge in [0.2, 0.25) is 10.0 Å². The number of hydrogen-bond donors (Lipinski definition) is 2. The van der Waals surface area contributed by atoms with Gasteiger partial charge in [0.25, 0.3) is 0 Å². The third-order valence-electron chi connectivity index (χ3n) is 5.27. The smallest absolute Gasteiger partial charge is 0.238 e. The molecule has 1 aromatic rings. The number of hydrogen-bond acceptors (Lipinski definition) is 5. The van der Waals surface area contributed by atoms with Crippen LogP contribution >= 0.6 is 24.0 Å². The van der Waals surface area contributed by atoms with E-state index >= 15 is 0 Å². The number of guanidine groups is 1. The van der Waals surface area contributed by atoms with Crippen LogP contribution in [0.2, 0.25) is 0 Å². The SMILES string of the molecule is CCNC(=NCCc1ccc(S(N)(=O)=O)cc1)N1CCC(N2CCOCC2)C1.I. The lowest BCUT2D eigenvalue weighted by Crippen LogP contribution is -2.46. The van der Waals surface area contributed by atoms with Gasteiger partial charge in [-0.2, -0.15) is 0 Å². The van der Waals surface area contributed by atoms with E-state index in [-0.39, 0.29) is 28.9 Å². The van der Waals surface area contributed by atoms with Crippen LogP contribution in [-0.4, -0.2) is 82.7 Å². The molecular formula is C19H32IN5O3S. The minimum absolute atomic E-state index is 0. The van der Waals surface area contributed by atoms with Gasteiger partial charge in [0.05, 0.1) is 18.1 Å². The summed E-state index contributed by atoms with van der Waals surface area (Å²) in [6.07, 6.45) is 1.90. The first-order valence-corrected chi connectivity index (χ1v) is 11.5. The number of halogens is 1. The summed E-state index contributed by atoms with van der Waals surface area (Å²) in [5.41, 5.74) is 1.04. The highest BCUT2D eigenvalue weighted by molar-refractivity contribution is 14.0. The van der Waals surface area contributed by atoms with E-state index in [0.717, 1.165) is 70.3 Å². The molecule has 0 amide bonds. The first-order chi connectivity index (χ1) is 13.5. The van der Waals surface area contributed by atoms with E-state index in [1.54, 1.807) is 24.3 Å². The molecule has 1 unspecified atom stereocenters. The molecule has 2 aliphatic heterocycles. The van der Waals surface area contributed by atoms with Crippen molar-refractivity contribution in [2.24, 2.45) is 10.1 Å². The molecule has 29 heavy (non-hydrogen) atoms. The number of nitrogens with one attached hydrogen (secondary N) is 1. The molecule has 0 saturated carbocycles. The van der Waals surface area contributed by atoms with Gasteiger partial charge in [-0.15, -0.1) is 24.0 Å². The Balaban J connectivity index is 0.00000300. The maximum Gasteiger partial charge on any atom is 0.238 e. The van der Waals surface area contributed by atoms with Gasteiger partial charge in [-0.1, -0.05) is 12.1 Å². The van der Waals surface area contributed by atoms with Gasteiger partial charge < -0.3 is 15.0 Å². The van der Waals surface area contributed by atoms with Gasteiger partial charge in [0.1, 0.15) is 0 Å². The Morgan fingerprint density at radius 3 is 2.55 bits per heavy atom. The predicted molar refractivity (Wildman–Crippen MR) is 125 cm³/mol. The molecule has 0 bridgehead atoms. The number of nitrogens with zero attached hydrogens (tertiary/aromatic N) is 3. The van der Waals surface area contributed by atoms with Crippen LogP contribution in [-0.2, 0) is 21.2 Å². The largest absolute Gasteiger partial charge is 0.379 e. The molecule has 0 spiro atoms. The molecule has 2 saturated heterocycles.